The molecular formula is C25H24F3N5O4S. The Morgan fingerprint density at radius 3 is 2.71 bits per heavy atom. The standard InChI is InChI=1S/C25H24F3N5O4S/c1-16(34)23-22(17-4-5-32(21(35)12-17)15-25(26,27)28)30-24(38-23)19-13-29-33-14-18(2-3-20(19)33)37-11-8-31-6-9-36-10-7-31/h2-5,12-14H,6-11,15H2,1H3. The summed E-state index contributed by atoms with van der Waals surface area (Å²) in [5.41, 5.74) is 1.10. The third-order valence-electron chi connectivity index (χ3n) is 6.07. The maximum atomic E-state index is 12.7. The van der Waals surface area contributed by atoms with Gasteiger partial charge in [-0.3, -0.25) is 14.5 Å². The van der Waals surface area contributed by atoms with E-state index in [-0.39, 0.29) is 17.0 Å². The van der Waals surface area contributed by atoms with Gasteiger partial charge in [-0.05, 0) is 18.2 Å². The molecule has 5 heterocycles. The van der Waals surface area contributed by atoms with Crippen LogP contribution in [-0.4, -0.2) is 75.5 Å². The van der Waals surface area contributed by atoms with Crippen LogP contribution < -0.4 is 10.3 Å². The van der Waals surface area contributed by atoms with Gasteiger partial charge in [0.25, 0.3) is 5.56 Å². The van der Waals surface area contributed by atoms with E-state index in [0.717, 1.165) is 62.0 Å². The number of morpholine rings is 1. The zero-order valence-corrected chi connectivity index (χ0v) is 21.2. The van der Waals surface area contributed by atoms with Crippen LogP contribution in [-0.2, 0) is 11.3 Å². The fourth-order valence-electron chi connectivity index (χ4n) is 4.18. The molecule has 0 unspecified atom stereocenters. The van der Waals surface area contributed by atoms with Gasteiger partial charge in [-0.1, -0.05) is 0 Å². The number of hydrogen-bond acceptors (Lipinski definition) is 8. The van der Waals surface area contributed by atoms with Crippen LogP contribution in [0.15, 0.2) is 47.7 Å². The van der Waals surface area contributed by atoms with E-state index in [0.29, 0.717) is 32.4 Å². The van der Waals surface area contributed by atoms with Gasteiger partial charge in [0.05, 0.1) is 47.3 Å². The molecule has 0 N–H and O–H groups in total. The molecule has 200 valence electrons. The molecule has 0 bridgehead atoms. The van der Waals surface area contributed by atoms with Crippen LogP contribution in [0.5, 0.6) is 5.75 Å². The number of hydrogen-bond donors (Lipinski definition) is 0. The van der Waals surface area contributed by atoms with E-state index in [1.807, 2.05) is 12.1 Å². The first-order valence-corrected chi connectivity index (χ1v) is 12.7. The van der Waals surface area contributed by atoms with Gasteiger partial charge in [0.2, 0.25) is 0 Å². The lowest BCUT2D eigenvalue weighted by molar-refractivity contribution is -0.141. The van der Waals surface area contributed by atoms with Crippen LogP contribution in [0, 0.1) is 0 Å². The lowest BCUT2D eigenvalue weighted by Gasteiger charge is -2.26. The normalized spacial score (nSPS) is 14.7. The molecule has 0 saturated carbocycles. The summed E-state index contributed by atoms with van der Waals surface area (Å²) >= 11 is 1.14. The van der Waals surface area contributed by atoms with E-state index in [1.165, 1.54) is 13.0 Å². The molecule has 0 aromatic carbocycles. The van der Waals surface area contributed by atoms with Crippen molar-refractivity contribution in [2.75, 3.05) is 39.5 Å². The van der Waals surface area contributed by atoms with Gasteiger partial charge in [-0.25, -0.2) is 9.50 Å². The molecule has 1 fully saturated rings. The number of carbonyl (C=O) groups excluding carboxylic acids is 1. The zero-order valence-electron chi connectivity index (χ0n) is 20.4. The topological polar surface area (TPSA) is 91.0 Å². The summed E-state index contributed by atoms with van der Waals surface area (Å²) in [5, 5.41) is 4.90. The highest BCUT2D eigenvalue weighted by Crippen LogP contribution is 2.36. The Kier molecular flexibility index (Phi) is 7.32. The number of pyridine rings is 2. The van der Waals surface area contributed by atoms with Gasteiger partial charge < -0.3 is 14.0 Å². The van der Waals surface area contributed by atoms with Crippen LogP contribution in [0.4, 0.5) is 13.2 Å². The number of thiazole rings is 1. The molecule has 9 nitrogen and oxygen atoms in total. The Morgan fingerprint density at radius 2 is 2.00 bits per heavy atom. The minimum atomic E-state index is -4.53. The lowest BCUT2D eigenvalue weighted by atomic mass is 10.1. The van der Waals surface area contributed by atoms with E-state index >= 15 is 0 Å². The van der Waals surface area contributed by atoms with E-state index < -0.39 is 18.3 Å². The summed E-state index contributed by atoms with van der Waals surface area (Å²) in [6, 6.07) is 6.10. The number of aromatic nitrogens is 4. The van der Waals surface area contributed by atoms with Gasteiger partial charge in [-0.2, -0.15) is 18.3 Å². The maximum Gasteiger partial charge on any atom is 0.406 e. The SMILES string of the molecule is CC(=O)c1sc(-c2cnn3cc(OCCN4CCOCC4)ccc23)nc1-c1ccn(CC(F)(F)F)c(=O)c1. The van der Waals surface area contributed by atoms with Crippen molar-refractivity contribution in [1.82, 2.24) is 24.1 Å². The van der Waals surface area contributed by atoms with E-state index in [4.69, 9.17) is 9.47 Å². The molecule has 0 radical (unpaired) electrons. The number of fused-ring (bicyclic) bond motifs is 1. The van der Waals surface area contributed by atoms with Crippen LogP contribution >= 0.6 is 11.3 Å². The van der Waals surface area contributed by atoms with Gasteiger partial charge in [0.15, 0.2) is 5.78 Å². The molecule has 13 heteroatoms. The molecule has 4 aromatic heterocycles. The van der Waals surface area contributed by atoms with Crippen molar-refractivity contribution >= 4 is 22.6 Å². The van der Waals surface area contributed by atoms with Crippen molar-refractivity contribution in [2.45, 2.75) is 19.6 Å². The smallest absolute Gasteiger partial charge is 0.406 e. The molecule has 1 aliphatic rings. The minimum Gasteiger partial charge on any atom is -0.491 e. The quantitative estimate of drug-likeness (QED) is 0.310. The Morgan fingerprint density at radius 1 is 1.21 bits per heavy atom. The Balaban J connectivity index is 1.39. The van der Waals surface area contributed by atoms with Gasteiger partial charge in [0.1, 0.15) is 23.9 Å². The third-order valence-corrected chi connectivity index (χ3v) is 7.25. The maximum absolute atomic E-state index is 12.7. The Hall–Kier alpha value is -3.55. The van der Waals surface area contributed by atoms with E-state index in [9.17, 15) is 22.8 Å². The van der Waals surface area contributed by atoms with Crippen molar-refractivity contribution < 1.29 is 27.4 Å². The molecule has 0 spiro atoms. The second-order valence-electron chi connectivity index (χ2n) is 8.81. The molecule has 4 aromatic rings. The largest absolute Gasteiger partial charge is 0.491 e. The number of nitrogens with zero attached hydrogens (tertiary/aromatic N) is 5. The van der Waals surface area contributed by atoms with Crippen molar-refractivity contribution in [2.24, 2.45) is 0 Å². The summed E-state index contributed by atoms with van der Waals surface area (Å²) < 4.78 is 51.7. The summed E-state index contributed by atoms with van der Waals surface area (Å²) in [7, 11) is 0. The fourth-order valence-corrected chi connectivity index (χ4v) is 5.18. The number of carbonyl (C=O) groups is 1. The summed E-state index contributed by atoms with van der Waals surface area (Å²) in [4.78, 5) is 31.8. The Labute approximate surface area is 219 Å². The average molecular weight is 548 g/mol. The molecule has 5 rings (SSSR count). The van der Waals surface area contributed by atoms with Gasteiger partial charge in [-0.15, -0.1) is 11.3 Å². The lowest BCUT2D eigenvalue weighted by Crippen LogP contribution is -2.38. The fraction of sp³-hybridized carbons (Fsp3) is 0.360. The predicted molar refractivity (Wildman–Crippen MR) is 135 cm³/mol. The molecular weight excluding hydrogens is 523 g/mol. The molecule has 1 saturated heterocycles. The predicted octanol–water partition coefficient (Wildman–Crippen LogP) is 3.76. The van der Waals surface area contributed by atoms with Gasteiger partial charge >= 0.3 is 6.18 Å². The van der Waals surface area contributed by atoms with E-state index in [1.54, 1.807) is 16.9 Å². The highest BCUT2D eigenvalue weighted by Gasteiger charge is 2.28. The highest BCUT2D eigenvalue weighted by atomic mass is 32.1. The molecule has 0 amide bonds. The summed E-state index contributed by atoms with van der Waals surface area (Å²) in [6.45, 7) is 4.53. The van der Waals surface area contributed by atoms with E-state index in [2.05, 4.69) is 15.0 Å². The van der Waals surface area contributed by atoms with Crippen LogP contribution in [0.1, 0.15) is 16.6 Å². The second-order valence-corrected chi connectivity index (χ2v) is 9.80. The Bertz CT molecular complexity index is 1520. The van der Waals surface area contributed by atoms with Crippen LogP contribution in [0.2, 0.25) is 0 Å². The first-order valence-electron chi connectivity index (χ1n) is 11.9. The van der Waals surface area contributed by atoms with Gasteiger partial charge in [0, 0.05) is 44.4 Å². The van der Waals surface area contributed by atoms with Crippen LogP contribution in [0.25, 0.3) is 27.3 Å². The molecule has 0 aliphatic carbocycles. The van der Waals surface area contributed by atoms with Crippen molar-refractivity contribution in [1.29, 1.82) is 0 Å². The number of rotatable bonds is 8. The third kappa shape index (κ3) is 5.79. The highest BCUT2D eigenvalue weighted by molar-refractivity contribution is 7.17. The number of ether oxygens (including phenoxy) is 2. The first-order chi connectivity index (χ1) is 18.2. The van der Waals surface area contributed by atoms with Crippen LogP contribution in [0.3, 0.4) is 0 Å². The molecule has 38 heavy (non-hydrogen) atoms. The number of Topliss-reactive ketones (excluding diaryl/α,β-unsaturated/α-hetero) is 1. The second kappa shape index (κ2) is 10.7. The summed E-state index contributed by atoms with van der Waals surface area (Å²) in [6.07, 6.45) is -0.0790. The average Bonchev–Trinajstić information content (AvgIpc) is 3.50. The zero-order chi connectivity index (χ0) is 26.9. The minimum absolute atomic E-state index is 0.246. The molecule has 1 aliphatic heterocycles. The van der Waals surface area contributed by atoms with Crippen molar-refractivity contribution in [3.8, 4) is 27.6 Å². The first kappa shape index (κ1) is 26.1. The number of alkyl halides is 3. The molecule has 0 atom stereocenters. The summed E-state index contributed by atoms with van der Waals surface area (Å²) in [5.74, 6) is 0.389. The van der Waals surface area contributed by atoms with Crippen molar-refractivity contribution in [3.05, 3.63) is 58.1 Å². The number of ketones is 1. The number of halogens is 3. The monoisotopic (exact) mass is 547 g/mol. The van der Waals surface area contributed by atoms with Crippen molar-refractivity contribution in [3.63, 3.8) is 0 Å².